The molecule has 0 saturated heterocycles. The van der Waals surface area contributed by atoms with Gasteiger partial charge in [-0.05, 0) is 38.8 Å². The molecule has 1 atom stereocenters. The number of hydrogen-bond acceptors (Lipinski definition) is 4. The van der Waals surface area contributed by atoms with Crippen LogP contribution in [0.25, 0.3) is 0 Å². The van der Waals surface area contributed by atoms with Gasteiger partial charge < -0.3 is 14.9 Å². The zero-order chi connectivity index (χ0) is 15.6. The van der Waals surface area contributed by atoms with E-state index in [1.807, 2.05) is 37.3 Å². The van der Waals surface area contributed by atoms with E-state index in [0.717, 1.165) is 24.3 Å². The average Bonchev–Trinajstić information content (AvgIpc) is 3.22. The lowest BCUT2D eigenvalue weighted by Crippen LogP contribution is -2.47. The first-order chi connectivity index (χ1) is 10.5. The monoisotopic (exact) mass is 302 g/mol. The van der Waals surface area contributed by atoms with Crippen LogP contribution in [0.15, 0.2) is 35.5 Å². The molecule has 0 aromatic heterocycles. The van der Waals surface area contributed by atoms with Crippen LogP contribution < -0.4 is 10.1 Å². The maximum absolute atomic E-state index is 12.3. The van der Waals surface area contributed by atoms with Crippen molar-refractivity contribution in [2.24, 2.45) is 10.6 Å². The number of rotatable bonds is 6. The number of hydrogen-bond donors (Lipinski definition) is 1. The third-order valence-corrected chi connectivity index (χ3v) is 4.35. The summed E-state index contributed by atoms with van der Waals surface area (Å²) in [5.41, 5.74) is 0.0581. The Morgan fingerprint density at radius 1 is 1.36 bits per heavy atom. The second-order valence-corrected chi connectivity index (χ2v) is 6.61. The summed E-state index contributed by atoms with van der Waals surface area (Å²) in [6, 6.07) is 9.77. The van der Waals surface area contributed by atoms with Crippen molar-refractivity contribution in [3.05, 3.63) is 30.3 Å². The molecule has 22 heavy (non-hydrogen) atoms. The fourth-order valence-electron chi connectivity index (χ4n) is 2.61. The normalized spacial score (nSPS) is 25.1. The Hall–Kier alpha value is -2.04. The molecule has 1 saturated carbocycles. The summed E-state index contributed by atoms with van der Waals surface area (Å²) in [4.78, 5) is 17.6. The Kier molecular flexibility index (Phi) is 3.81. The summed E-state index contributed by atoms with van der Waals surface area (Å²) in [7, 11) is 0. The number of ether oxygens (including phenoxy) is 1. The molecule has 1 aliphatic heterocycles. The van der Waals surface area contributed by atoms with Gasteiger partial charge in [0.05, 0.1) is 12.3 Å². The Morgan fingerprint density at radius 2 is 2.09 bits per heavy atom. The molecule has 0 spiro atoms. The minimum Gasteiger partial charge on any atom is -0.493 e. The highest BCUT2D eigenvalue weighted by atomic mass is 16.7. The van der Waals surface area contributed by atoms with Crippen LogP contribution in [0.4, 0.5) is 0 Å². The lowest BCUT2D eigenvalue weighted by molar-refractivity contribution is -0.142. The number of carbonyl (C=O) groups is 1. The van der Waals surface area contributed by atoms with Crippen LogP contribution in [0, 0.1) is 5.41 Å². The van der Waals surface area contributed by atoms with Crippen LogP contribution in [0.1, 0.15) is 33.1 Å². The van der Waals surface area contributed by atoms with Crippen molar-refractivity contribution >= 4 is 11.6 Å². The van der Waals surface area contributed by atoms with Crippen LogP contribution in [0.5, 0.6) is 5.75 Å². The topological polar surface area (TPSA) is 59.9 Å². The van der Waals surface area contributed by atoms with Gasteiger partial charge in [-0.3, -0.25) is 4.79 Å². The highest BCUT2D eigenvalue weighted by Gasteiger charge is 2.46. The largest absolute Gasteiger partial charge is 0.493 e. The van der Waals surface area contributed by atoms with Crippen molar-refractivity contribution in [2.75, 3.05) is 13.2 Å². The molecule has 1 N–H and O–H groups in total. The van der Waals surface area contributed by atoms with Gasteiger partial charge in [0.15, 0.2) is 0 Å². The summed E-state index contributed by atoms with van der Waals surface area (Å²) in [6.07, 6.45) is 2.70. The van der Waals surface area contributed by atoms with Crippen LogP contribution in [0.3, 0.4) is 0 Å². The third kappa shape index (κ3) is 3.24. The Balaban J connectivity index is 1.48. The molecule has 1 heterocycles. The Morgan fingerprint density at radius 3 is 2.68 bits per heavy atom. The third-order valence-electron chi connectivity index (χ3n) is 4.35. The summed E-state index contributed by atoms with van der Waals surface area (Å²) >= 11 is 0. The van der Waals surface area contributed by atoms with Gasteiger partial charge in [0.1, 0.15) is 5.75 Å². The zero-order valence-corrected chi connectivity index (χ0v) is 13.1. The van der Waals surface area contributed by atoms with Gasteiger partial charge in [-0.25, -0.2) is 0 Å². The SMILES string of the molecule is CC1=NOC(C)(C(=O)NCC2(COc3ccccc3)CC2)C1. The molecule has 2 aliphatic rings. The van der Waals surface area contributed by atoms with E-state index in [1.54, 1.807) is 6.92 Å². The second-order valence-electron chi connectivity index (χ2n) is 6.61. The molecule has 5 nitrogen and oxygen atoms in total. The van der Waals surface area contributed by atoms with Crippen molar-refractivity contribution in [2.45, 2.75) is 38.7 Å². The van der Waals surface area contributed by atoms with E-state index in [0.29, 0.717) is 19.6 Å². The van der Waals surface area contributed by atoms with Gasteiger partial charge in [0.2, 0.25) is 5.60 Å². The fourth-order valence-corrected chi connectivity index (χ4v) is 2.61. The minimum absolute atomic E-state index is 0.0658. The Labute approximate surface area is 130 Å². The molecule has 5 heteroatoms. The Bertz CT molecular complexity index is 581. The number of amides is 1. The lowest BCUT2D eigenvalue weighted by atomic mass is 9.99. The first-order valence-electron chi connectivity index (χ1n) is 7.69. The maximum atomic E-state index is 12.3. The van der Waals surface area contributed by atoms with E-state index in [1.165, 1.54) is 0 Å². The summed E-state index contributed by atoms with van der Waals surface area (Å²) < 4.78 is 5.83. The van der Waals surface area contributed by atoms with Crippen molar-refractivity contribution < 1.29 is 14.4 Å². The molecule has 0 radical (unpaired) electrons. The highest BCUT2D eigenvalue weighted by molar-refractivity contribution is 5.94. The number of para-hydroxylation sites is 1. The van der Waals surface area contributed by atoms with Gasteiger partial charge in [-0.2, -0.15) is 0 Å². The number of carbonyl (C=O) groups excluding carboxylic acids is 1. The van der Waals surface area contributed by atoms with Crippen molar-refractivity contribution in [1.29, 1.82) is 0 Å². The fraction of sp³-hybridized carbons (Fsp3) is 0.529. The molecule has 0 bridgehead atoms. The molecule has 1 fully saturated rings. The van der Waals surface area contributed by atoms with Crippen molar-refractivity contribution in [3.63, 3.8) is 0 Å². The molecule has 1 unspecified atom stereocenters. The molecular weight excluding hydrogens is 280 g/mol. The first kappa shape index (κ1) is 14.9. The van der Waals surface area contributed by atoms with Crippen molar-refractivity contribution in [1.82, 2.24) is 5.32 Å². The zero-order valence-electron chi connectivity index (χ0n) is 13.1. The van der Waals surface area contributed by atoms with Gasteiger partial charge in [0.25, 0.3) is 5.91 Å². The second kappa shape index (κ2) is 5.63. The standard InChI is InChI=1S/C17H22N2O3/c1-13-10-16(2,22-19-13)15(20)18-11-17(8-9-17)12-21-14-6-4-3-5-7-14/h3-7H,8-12H2,1-2H3,(H,18,20). The smallest absolute Gasteiger partial charge is 0.267 e. The van der Waals surface area contributed by atoms with E-state index in [2.05, 4.69) is 10.5 Å². The molecule has 3 rings (SSSR count). The lowest BCUT2D eigenvalue weighted by Gasteiger charge is -2.23. The van der Waals surface area contributed by atoms with Crippen LogP contribution >= 0.6 is 0 Å². The number of oxime groups is 1. The van der Waals surface area contributed by atoms with Gasteiger partial charge >= 0.3 is 0 Å². The van der Waals surface area contributed by atoms with E-state index >= 15 is 0 Å². The van der Waals surface area contributed by atoms with Crippen LogP contribution in [0.2, 0.25) is 0 Å². The quantitative estimate of drug-likeness (QED) is 0.878. The van der Waals surface area contributed by atoms with Crippen LogP contribution in [-0.4, -0.2) is 30.4 Å². The molecule has 118 valence electrons. The van der Waals surface area contributed by atoms with E-state index in [9.17, 15) is 4.79 Å². The minimum atomic E-state index is -0.861. The predicted octanol–water partition coefficient (Wildman–Crippen LogP) is 2.52. The average molecular weight is 302 g/mol. The van der Waals surface area contributed by atoms with Gasteiger partial charge in [-0.1, -0.05) is 23.4 Å². The van der Waals surface area contributed by atoms with Gasteiger partial charge in [0, 0.05) is 18.4 Å². The summed E-state index contributed by atoms with van der Waals surface area (Å²) in [5.74, 6) is 0.773. The summed E-state index contributed by atoms with van der Waals surface area (Å²) in [6.45, 7) is 4.90. The predicted molar refractivity (Wildman–Crippen MR) is 83.8 cm³/mol. The van der Waals surface area contributed by atoms with E-state index < -0.39 is 5.60 Å². The number of benzene rings is 1. The van der Waals surface area contributed by atoms with Gasteiger partial charge in [-0.15, -0.1) is 0 Å². The molecular formula is C17H22N2O3. The van der Waals surface area contributed by atoms with Crippen molar-refractivity contribution in [3.8, 4) is 5.75 Å². The maximum Gasteiger partial charge on any atom is 0.267 e. The number of nitrogens with one attached hydrogen (secondary N) is 1. The van der Waals surface area contributed by atoms with E-state index in [4.69, 9.17) is 9.57 Å². The highest BCUT2D eigenvalue weighted by Crippen LogP contribution is 2.45. The first-order valence-corrected chi connectivity index (χ1v) is 7.69. The summed E-state index contributed by atoms with van der Waals surface area (Å²) in [5, 5.41) is 6.89. The molecule has 1 aromatic rings. The van der Waals surface area contributed by atoms with E-state index in [-0.39, 0.29) is 11.3 Å². The number of nitrogens with zero attached hydrogens (tertiary/aromatic N) is 1. The molecule has 1 aromatic carbocycles. The molecule has 1 amide bonds. The van der Waals surface area contributed by atoms with Crippen LogP contribution in [-0.2, 0) is 9.63 Å². The molecule has 1 aliphatic carbocycles.